The molecule has 0 aliphatic rings. The van der Waals surface area contributed by atoms with E-state index in [2.05, 4.69) is 5.10 Å². The van der Waals surface area contributed by atoms with E-state index in [1.165, 1.54) is 7.05 Å². The zero-order valence-corrected chi connectivity index (χ0v) is 9.11. The minimum Gasteiger partial charge on any atom is -0.266 e. The third-order valence-electron chi connectivity index (χ3n) is 1.09. The van der Waals surface area contributed by atoms with Crippen molar-refractivity contribution in [2.45, 2.75) is 0 Å². The predicted octanol–water partition coefficient (Wildman–Crippen LogP) is 1.69. The van der Waals surface area contributed by atoms with Gasteiger partial charge < -0.3 is 0 Å². The minimum absolute atomic E-state index is 0.0218. The molecule has 6 heteroatoms. The van der Waals surface area contributed by atoms with Crippen LogP contribution in [0.5, 0.6) is 0 Å². The summed E-state index contributed by atoms with van der Waals surface area (Å²) in [6.07, 6.45) is 0. The highest BCUT2D eigenvalue weighted by Gasteiger charge is 2.09. The molecule has 0 aromatic carbocycles. The third-order valence-corrected chi connectivity index (χ3v) is 2.98. The highest BCUT2D eigenvalue weighted by molar-refractivity contribution is 14.1. The lowest BCUT2D eigenvalue weighted by molar-refractivity contribution is 0.696. The van der Waals surface area contributed by atoms with Gasteiger partial charge in [-0.25, -0.2) is 4.68 Å². The smallest absolute Gasteiger partial charge is 0.266 e. The van der Waals surface area contributed by atoms with Crippen LogP contribution in [-0.2, 0) is 7.05 Å². The van der Waals surface area contributed by atoms with E-state index in [9.17, 15) is 4.79 Å². The molecule has 0 saturated carbocycles. The lowest BCUT2D eigenvalue weighted by Gasteiger charge is -2.00. The van der Waals surface area contributed by atoms with Crippen molar-refractivity contribution in [3.63, 3.8) is 0 Å². The maximum absolute atomic E-state index is 11.0. The minimum atomic E-state index is -0.378. The van der Waals surface area contributed by atoms with Crippen molar-refractivity contribution in [2.75, 3.05) is 0 Å². The number of hydrogen-bond donors (Lipinski definition) is 0. The Bertz CT molecular complexity index is 349. The number of nitrogens with zero attached hydrogens (tertiary/aromatic N) is 2. The number of aryl methyl sites for hydroxylation is 1. The molecule has 1 aromatic rings. The van der Waals surface area contributed by atoms with Gasteiger partial charge in [-0.1, -0.05) is 23.2 Å². The van der Waals surface area contributed by atoms with Crippen LogP contribution < -0.4 is 5.56 Å². The molecule has 1 heterocycles. The van der Waals surface area contributed by atoms with Crippen LogP contribution in [0.15, 0.2) is 4.79 Å². The Labute approximate surface area is 86.4 Å². The second-order valence-electron chi connectivity index (χ2n) is 1.85. The zero-order valence-electron chi connectivity index (χ0n) is 5.44. The Hall–Kier alpha value is 0.190. The average molecular weight is 305 g/mol. The molecule has 0 atom stereocenters. The van der Waals surface area contributed by atoms with E-state index in [0.717, 1.165) is 4.68 Å². The number of aromatic nitrogens is 2. The molecule has 3 nitrogen and oxygen atoms in total. The van der Waals surface area contributed by atoms with Crippen molar-refractivity contribution in [1.82, 2.24) is 9.78 Å². The number of hydrogen-bond acceptors (Lipinski definition) is 2. The van der Waals surface area contributed by atoms with E-state index >= 15 is 0 Å². The highest BCUT2D eigenvalue weighted by Crippen LogP contribution is 2.21. The zero-order chi connectivity index (χ0) is 8.59. The van der Waals surface area contributed by atoms with E-state index in [-0.39, 0.29) is 15.6 Å². The molecular weight excluding hydrogens is 302 g/mol. The molecular formula is C5H3Cl2IN2O. The molecule has 0 bridgehead atoms. The lowest BCUT2D eigenvalue weighted by Crippen LogP contribution is -2.21. The maximum Gasteiger partial charge on any atom is 0.286 e. The summed E-state index contributed by atoms with van der Waals surface area (Å²) in [6, 6.07) is 0. The van der Waals surface area contributed by atoms with Gasteiger partial charge in [0.05, 0.1) is 5.02 Å². The summed E-state index contributed by atoms with van der Waals surface area (Å²) in [7, 11) is 1.52. The lowest BCUT2D eigenvalue weighted by atomic mass is 10.6. The Balaban J connectivity index is 3.59. The van der Waals surface area contributed by atoms with Crippen molar-refractivity contribution < 1.29 is 0 Å². The maximum atomic E-state index is 11.0. The van der Waals surface area contributed by atoms with Crippen LogP contribution in [0.2, 0.25) is 10.0 Å². The van der Waals surface area contributed by atoms with E-state index in [1.807, 2.05) is 22.6 Å². The summed E-state index contributed by atoms with van der Waals surface area (Å²) < 4.78 is 1.67. The Morgan fingerprint density at radius 1 is 1.45 bits per heavy atom. The second kappa shape index (κ2) is 3.28. The molecule has 0 fully saturated rings. The molecule has 0 N–H and O–H groups in total. The first kappa shape index (κ1) is 9.28. The van der Waals surface area contributed by atoms with Crippen molar-refractivity contribution in [3.8, 4) is 0 Å². The van der Waals surface area contributed by atoms with Crippen LogP contribution in [0.25, 0.3) is 0 Å². The van der Waals surface area contributed by atoms with Crippen LogP contribution in [-0.4, -0.2) is 9.78 Å². The van der Waals surface area contributed by atoms with Gasteiger partial charge in [-0.15, -0.1) is 0 Å². The summed E-state index contributed by atoms with van der Waals surface area (Å²) in [5, 5.41) is 4.05. The molecule has 0 aliphatic heterocycles. The summed E-state index contributed by atoms with van der Waals surface area (Å²) in [6.45, 7) is 0. The molecule has 0 radical (unpaired) electrons. The summed E-state index contributed by atoms with van der Waals surface area (Å²) in [5.74, 6) is 0. The fraction of sp³-hybridized carbons (Fsp3) is 0.200. The van der Waals surface area contributed by atoms with Gasteiger partial charge in [0.15, 0.2) is 0 Å². The van der Waals surface area contributed by atoms with Gasteiger partial charge in [-0.2, -0.15) is 5.10 Å². The molecule has 60 valence electrons. The molecule has 0 amide bonds. The monoisotopic (exact) mass is 304 g/mol. The van der Waals surface area contributed by atoms with Gasteiger partial charge in [0.2, 0.25) is 0 Å². The first-order chi connectivity index (χ1) is 5.04. The van der Waals surface area contributed by atoms with Gasteiger partial charge >= 0.3 is 0 Å². The fourth-order valence-electron chi connectivity index (χ4n) is 0.548. The van der Waals surface area contributed by atoms with E-state index in [1.54, 1.807) is 0 Å². The van der Waals surface area contributed by atoms with Crippen LogP contribution in [0.4, 0.5) is 0 Å². The van der Waals surface area contributed by atoms with E-state index < -0.39 is 0 Å². The van der Waals surface area contributed by atoms with Gasteiger partial charge in [0.25, 0.3) is 5.56 Å². The molecule has 0 aliphatic carbocycles. The molecule has 1 rings (SSSR count). The number of rotatable bonds is 0. The predicted molar refractivity (Wildman–Crippen MR) is 52.2 cm³/mol. The quantitative estimate of drug-likeness (QED) is 0.684. The van der Waals surface area contributed by atoms with Crippen molar-refractivity contribution in [2.24, 2.45) is 7.05 Å². The number of halogens is 3. The van der Waals surface area contributed by atoms with Crippen molar-refractivity contribution in [3.05, 3.63) is 24.1 Å². The molecule has 0 unspecified atom stereocenters. The Morgan fingerprint density at radius 2 is 2.00 bits per heavy atom. The largest absolute Gasteiger partial charge is 0.286 e. The first-order valence-electron chi connectivity index (χ1n) is 2.62. The average Bonchev–Trinajstić information content (AvgIpc) is 1.97. The molecule has 0 spiro atoms. The van der Waals surface area contributed by atoms with Crippen LogP contribution in [0.3, 0.4) is 0 Å². The van der Waals surface area contributed by atoms with Crippen molar-refractivity contribution in [1.29, 1.82) is 0 Å². The summed E-state index contributed by atoms with van der Waals surface area (Å²) in [4.78, 5) is 11.0. The van der Waals surface area contributed by atoms with Crippen molar-refractivity contribution >= 4 is 45.8 Å². The van der Waals surface area contributed by atoms with Gasteiger partial charge in [0.1, 0.15) is 8.72 Å². The fourth-order valence-corrected chi connectivity index (χ4v) is 1.63. The van der Waals surface area contributed by atoms with Gasteiger partial charge in [-0.3, -0.25) is 4.79 Å². The summed E-state index contributed by atoms with van der Waals surface area (Å²) >= 11 is 13.1. The molecule has 11 heavy (non-hydrogen) atoms. The highest BCUT2D eigenvalue weighted by atomic mass is 127. The Kier molecular flexibility index (Phi) is 2.77. The van der Waals surface area contributed by atoms with E-state index in [0.29, 0.717) is 3.70 Å². The molecule has 1 aromatic heterocycles. The van der Waals surface area contributed by atoms with E-state index in [4.69, 9.17) is 23.2 Å². The summed E-state index contributed by atoms with van der Waals surface area (Å²) in [5.41, 5.74) is -0.378. The SMILES string of the molecule is Cn1nc(I)c(Cl)c(Cl)c1=O. The Morgan fingerprint density at radius 3 is 2.55 bits per heavy atom. The second-order valence-corrected chi connectivity index (χ2v) is 3.63. The van der Waals surface area contributed by atoms with Gasteiger partial charge in [-0.05, 0) is 22.6 Å². The van der Waals surface area contributed by atoms with Crippen LogP contribution >= 0.6 is 45.8 Å². The first-order valence-corrected chi connectivity index (χ1v) is 4.45. The normalized spacial score (nSPS) is 10.2. The van der Waals surface area contributed by atoms with Crippen LogP contribution in [0, 0.1) is 3.70 Å². The van der Waals surface area contributed by atoms with Crippen LogP contribution in [0.1, 0.15) is 0 Å². The van der Waals surface area contributed by atoms with Gasteiger partial charge in [0, 0.05) is 7.05 Å². The third kappa shape index (κ3) is 1.68. The topological polar surface area (TPSA) is 34.9 Å². The standard InChI is InChI=1S/C5H3Cl2IN2O/c1-10-5(11)3(7)2(6)4(8)9-10/h1H3. The molecule has 0 saturated heterocycles.